The van der Waals surface area contributed by atoms with E-state index in [2.05, 4.69) is 13.2 Å². The Morgan fingerprint density at radius 1 is 1.11 bits per heavy atom. The van der Waals surface area contributed by atoms with E-state index in [0.717, 1.165) is 32.1 Å². The Hall–Kier alpha value is -0.640. The van der Waals surface area contributed by atoms with Crippen LogP contribution >= 0.6 is 0 Å². The lowest BCUT2D eigenvalue weighted by Crippen LogP contribution is -2.54. The number of rotatable bonds is 4. The molecule has 0 aromatic heterocycles. The van der Waals surface area contributed by atoms with Crippen LogP contribution in [0.2, 0.25) is 0 Å². The summed E-state index contributed by atoms with van der Waals surface area (Å²) in [7, 11) is 0. The largest absolute Gasteiger partial charge is 0.388 e. The smallest absolute Gasteiger partial charge is 0.177 e. The monoisotopic (exact) mass is 252 g/mol. The van der Waals surface area contributed by atoms with Crippen molar-refractivity contribution in [3.05, 3.63) is 25.3 Å². The summed E-state index contributed by atoms with van der Waals surface area (Å²) in [5, 5.41) is 10.5. The number of aliphatic hydroxyl groups is 1. The summed E-state index contributed by atoms with van der Waals surface area (Å²) < 4.78 is 12.0. The summed E-state index contributed by atoms with van der Waals surface area (Å²) in [4.78, 5) is 0. The minimum absolute atomic E-state index is 0.427. The number of allylic oxidation sites excluding steroid dienone is 1. The van der Waals surface area contributed by atoms with E-state index in [4.69, 9.17) is 9.47 Å². The first-order valence-corrected chi connectivity index (χ1v) is 6.90. The van der Waals surface area contributed by atoms with E-state index >= 15 is 0 Å². The molecule has 0 bridgehead atoms. The average molecular weight is 252 g/mol. The standard InChI is InChI=1S/C15H24O3/c1-3-8-14(13(16)4-2)9-6-5-7-10-15(14)17-11-12-18-15/h3-4,13,16H,1-2,5-12H2/t13-,14+/m1/s1. The van der Waals surface area contributed by atoms with Gasteiger partial charge in [0, 0.05) is 6.42 Å². The molecule has 1 aliphatic carbocycles. The van der Waals surface area contributed by atoms with Crippen molar-refractivity contribution in [2.75, 3.05) is 13.2 Å². The van der Waals surface area contributed by atoms with Gasteiger partial charge in [-0.2, -0.15) is 0 Å². The highest BCUT2D eigenvalue weighted by atomic mass is 16.7. The van der Waals surface area contributed by atoms with Gasteiger partial charge < -0.3 is 14.6 Å². The maximum atomic E-state index is 10.5. The third-order valence-electron chi connectivity index (χ3n) is 4.44. The van der Waals surface area contributed by atoms with Crippen molar-refractivity contribution in [2.45, 2.75) is 50.4 Å². The van der Waals surface area contributed by atoms with Crippen LogP contribution in [-0.2, 0) is 9.47 Å². The van der Waals surface area contributed by atoms with Crippen LogP contribution < -0.4 is 0 Å². The molecule has 0 unspecified atom stereocenters. The summed E-state index contributed by atoms with van der Waals surface area (Å²) in [5.74, 6) is -0.648. The molecule has 1 saturated heterocycles. The maximum absolute atomic E-state index is 10.5. The van der Waals surface area contributed by atoms with Crippen LogP contribution in [0.25, 0.3) is 0 Å². The van der Waals surface area contributed by atoms with Crippen molar-refractivity contribution in [2.24, 2.45) is 5.41 Å². The SMILES string of the molecule is C=CC[C@@]1([C@H](O)C=C)CCCCCC12OCCO2. The Balaban J connectivity index is 2.41. The molecule has 1 saturated carbocycles. The first kappa shape index (κ1) is 13.8. The van der Waals surface area contributed by atoms with Gasteiger partial charge in [-0.25, -0.2) is 0 Å². The lowest BCUT2D eigenvalue weighted by atomic mass is 9.68. The van der Waals surface area contributed by atoms with Crippen LogP contribution in [0.15, 0.2) is 25.3 Å². The molecular formula is C15H24O3. The zero-order valence-corrected chi connectivity index (χ0v) is 11.1. The van der Waals surface area contributed by atoms with Crippen LogP contribution in [0.5, 0.6) is 0 Å². The second kappa shape index (κ2) is 5.55. The van der Waals surface area contributed by atoms with Crippen molar-refractivity contribution in [1.82, 2.24) is 0 Å². The van der Waals surface area contributed by atoms with E-state index in [1.54, 1.807) is 6.08 Å². The van der Waals surface area contributed by atoms with E-state index in [1.807, 2.05) is 6.08 Å². The highest BCUT2D eigenvalue weighted by molar-refractivity contribution is 5.09. The molecule has 3 nitrogen and oxygen atoms in total. The molecule has 18 heavy (non-hydrogen) atoms. The first-order chi connectivity index (χ1) is 8.71. The number of hydrogen-bond donors (Lipinski definition) is 1. The molecule has 0 radical (unpaired) electrons. The number of aliphatic hydroxyl groups excluding tert-OH is 1. The van der Waals surface area contributed by atoms with E-state index < -0.39 is 17.3 Å². The quantitative estimate of drug-likeness (QED) is 0.782. The lowest BCUT2D eigenvalue weighted by Gasteiger charge is -2.47. The van der Waals surface area contributed by atoms with Crippen molar-refractivity contribution in [3.63, 3.8) is 0 Å². The van der Waals surface area contributed by atoms with Gasteiger partial charge in [0.15, 0.2) is 5.79 Å². The molecule has 1 N–H and O–H groups in total. The second-order valence-electron chi connectivity index (χ2n) is 5.34. The number of hydrogen-bond acceptors (Lipinski definition) is 3. The van der Waals surface area contributed by atoms with Gasteiger partial charge in [0.2, 0.25) is 0 Å². The van der Waals surface area contributed by atoms with E-state index in [0.29, 0.717) is 19.6 Å². The Kier molecular flexibility index (Phi) is 4.25. The van der Waals surface area contributed by atoms with Gasteiger partial charge in [0.25, 0.3) is 0 Å². The van der Waals surface area contributed by atoms with Crippen LogP contribution in [0, 0.1) is 5.41 Å². The van der Waals surface area contributed by atoms with Crippen molar-refractivity contribution >= 4 is 0 Å². The van der Waals surface area contributed by atoms with Gasteiger partial charge in [0.1, 0.15) is 0 Å². The average Bonchev–Trinajstić information content (AvgIpc) is 2.78. The fourth-order valence-corrected chi connectivity index (χ4v) is 3.54. The molecule has 2 fully saturated rings. The molecule has 3 heteroatoms. The summed E-state index contributed by atoms with van der Waals surface area (Å²) in [5.41, 5.74) is -0.427. The van der Waals surface area contributed by atoms with Crippen molar-refractivity contribution < 1.29 is 14.6 Å². The van der Waals surface area contributed by atoms with Gasteiger partial charge in [-0.1, -0.05) is 25.0 Å². The van der Waals surface area contributed by atoms with Crippen LogP contribution in [0.4, 0.5) is 0 Å². The van der Waals surface area contributed by atoms with Crippen LogP contribution in [-0.4, -0.2) is 30.2 Å². The molecule has 2 aliphatic rings. The summed E-state index contributed by atoms with van der Waals surface area (Å²) in [6.45, 7) is 8.83. The van der Waals surface area contributed by atoms with Gasteiger partial charge in [-0.15, -0.1) is 13.2 Å². The lowest BCUT2D eigenvalue weighted by molar-refractivity contribution is -0.261. The third kappa shape index (κ3) is 2.04. The molecule has 0 aromatic rings. The Morgan fingerprint density at radius 3 is 2.39 bits per heavy atom. The Labute approximate surface area is 109 Å². The molecule has 2 atom stereocenters. The molecule has 2 rings (SSSR count). The molecule has 0 amide bonds. The van der Waals surface area contributed by atoms with E-state index in [-0.39, 0.29) is 0 Å². The zero-order valence-electron chi connectivity index (χ0n) is 11.1. The minimum atomic E-state index is -0.648. The highest BCUT2D eigenvalue weighted by Gasteiger charge is 2.58. The highest BCUT2D eigenvalue weighted by Crippen LogP contribution is 2.52. The number of ether oxygens (including phenoxy) is 2. The molecule has 0 aromatic carbocycles. The van der Waals surface area contributed by atoms with Gasteiger partial charge >= 0.3 is 0 Å². The van der Waals surface area contributed by atoms with Gasteiger partial charge in [-0.05, 0) is 19.3 Å². The van der Waals surface area contributed by atoms with Crippen LogP contribution in [0.3, 0.4) is 0 Å². The normalized spacial score (nSPS) is 32.9. The molecule has 1 aliphatic heterocycles. The third-order valence-corrected chi connectivity index (χ3v) is 4.44. The molecule has 102 valence electrons. The predicted octanol–water partition coefficient (Wildman–Crippen LogP) is 2.80. The van der Waals surface area contributed by atoms with E-state index in [1.165, 1.54) is 0 Å². The van der Waals surface area contributed by atoms with Crippen molar-refractivity contribution in [1.29, 1.82) is 0 Å². The van der Waals surface area contributed by atoms with Gasteiger partial charge in [-0.3, -0.25) is 0 Å². The first-order valence-electron chi connectivity index (χ1n) is 6.90. The topological polar surface area (TPSA) is 38.7 Å². The molecular weight excluding hydrogens is 228 g/mol. The Morgan fingerprint density at radius 2 is 1.78 bits per heavy atom. The zero-order chi connectivity index (χ0) is 13.1. The van der Waals surface area contributed by atoms with Crippen LogP contribution in [0.1, 0.15) is 38.5 Å². The Bertz CT molecular complexity index is 307. The maximum Gasteiger partial charge on any atom is 0.177 e. The van der Waals surface area contributed by atoms with E-state index in [9.17, 15) is 5.11 Å². The van der Waals surface area contributed by atoms with Crippen molar-refractivity contribution in [3.8, 4) is 0 Å². The van der Waals surface area contributed by atoms with Gasteiger partial charge in [0.05, 0.1) is 24.7 Å². The summed E-state index contributed by atoms with van der Waals surface area (Å²) in [6.07, 6.45) is 8.64. The summed E-state index contributed by atoms with van der Waals surface area (Å²) in [6, 6.07) is 0. The molecule has 1 spiro atoms. The fourth-order valence-electron chi connectivity index (χ4n) is 3.54. The minimum Gasteiger partial charge on any atom is -0.388 e. The second-order valence-corrected chi connectivity index (χ2v) is 5.34. The summed E-state index contributed by atoms with van der Waals surface area (Å²) >= 11 is 0. The predicted molar refractivity (Wildman–Crippen MR) is 71.2 cm³/mol. The fraction of sp³-hybridized carbons (Fsp3) is 0.733. The molecule has 1 heterocycles.